The fraction of sp³-hybridized carbons (Fsp3) is 0.429. The molecule has 0 aromatic carbocycles. The first-order valence-electron chi connectivity index (χ1n) is 3.33. The van der Waals surface area contributed by atoms with Gasteiger partial charge in [0.05, 0.1) is 0 Å². The van der Waals surface area contributed by atoms with Gasteiger partial charge in [-0.25, -0.2) is 0 Å². The lowest BCUT2D eigenvalue weighted by Crippen LogP contribution is -2.38. The Labute approximate surface area is 72.0 Å². The minimum atomic E-state index is -4.29. The molecular weight excluding hydrogens is 187 g/mol. The van der Waals surface area contributed by atoms with Crippen molar-refractivity contribution in [3.05, 3.63) is 22.4 Å². The summed E-state index contributed by atoms with van der Waals surface area (Å²) in [4.78, 5) is 0. The summed E-state index contributed by atoms with van der Waals surface area (Å²) in [5, 5.41) is 3.41. The fourth-order valence-corrected chi connectivity index (χ4v) is 1.46. The van der Waals surface area contributed by atoms with Crippen molar-refractivity contribution in [2.75, 3.05) is 0 Å². The highest BCUT2D eigenvalue weighted by molar-refractivity contribution is 7.07. The Morgan fingerprint density at radius 3 is 2.58 bits per heavy atom. The van der Waals surface area contributed by atoms with Gasteiger partial charge in [-0.05, 0) is 28.8 Å². The third-order valence-electron chi connectivity index (χ3n) is 1.46. The van der Waals surface area contributed by atoms with Crippen LogP contribution in [0.5, 0.6) is 0 Å². The summed E-state index contributed by atoms with van der Waals surface area (Å²) in [6, 6.07) is -0.0944. The van der Waals surface area contributed by atoms with Gasteiger partial charge in [0, 0.05) is 0 Å². The van der Waals surface area contributed by atoms with Crippen molar-refractivity contribution in [3.63, 3.8) is 0 Å². The highest BCUT2D eigenvalue weighted by Gasteiger charge is 2.36. The van der Waals surface area contributed by atoms with Gasteiger partial charge in [-0.1, -0.05) is 0 Å². The molecule has 0 aliphatic heterocycles. The zero-order valence-electron chi connectivity index (χ0n) is 6.14. The lowest BCUT2D eigenvalue weighted by molar-refractivity contribution is -0.147. The van der Waals surface area contributed by atoms with E-state index in [0.717, 1.165) is 0 Å². The van der Waals surface area contributed by atoms with Crippen LogP contribution in [0, 0.1) is 0 Å². The van der Waals surface area contributed by atoms with Gasteiger partial charge in [0.2, 0.25) is 0 Å². The zero-order valence-corrected chi connectivity index (χ0v) is 6.95. The fourth-order valence-electron chi connectivity index (χ4n) is 0.778. The van der Waals surface area contributed by atoms with Crippen LogP contribution < -0.4 is 5.73 Å². The molecule has 0 radical (unpaired) electrons. The van der Waals surface area contributed by atoms with Crippen molar-refractivity contribution in [2.24, 2.45) is 5.73 Å². The van der Waals surface area contributed by atoms with Crippen molar-refractivity contribution < 1.29 is 13.2 Å². The summed E-state index contributed by atoms with van der Waals surface area (Å²) in [5.74, 6) is 0. The third kappa shape index (κ3) is 2.49. The average molecular weight is 195 g/mol. The quantitative estimate of drug-likeness (QED) is 0.769. The number of rotatable bonds is 2. The molecule has 0 fully saturated rings. The smallest absolute Gasteiger partial charge is 0.320 e. The molecule has 68 valence electrons. The SMILES string of the molecule is NC(Cc1ccsc1)C(F)(F)F. The second-order valence-electron chi connectivity index (χ2n) is 2.48. The molecule has 5 heteroatoms. The molecule has 1 unspecified atom stereocenters. The summed E-state index contributed by atoms with van der Waals surface area (Å²) < 4.78 is 35.8. The van der Waals surface area contributed by atoms with E-state index in [0.29, 0.717) is 5.56 Å². The second-order valence-corrected chi connectivity index (χ2v) is 3.26. The van der Waals surface area contributed by atoms with Crippen LogP contribution in [0.2, 0.25) is 0 Å². The Morgan fingerprint density at radius 2 is 2.17 bits per heavy atom. The number of hydrogen-bond acceptors (Lipinski definition) is 2. The van der Waals surface area contributed by atoms with Crippen molar-refractivity contribution in [1.29, 1.82) is 0 Å². The van der Waals surface area contributed by atoms with Gasteiger partial charge >= 0.3 is 6.18 Å². The average Bonchev–Trinajstić information content (AvgIpc) is 2.37. The van der Waals surface area contributed by atoms with E-state index in [4.69, 9.17) is 5.73 Å². The molecule has 0 saturated heterocycles. The minimum absolute atomic E-state index is 0.132. The molecule has 1 atom stereocenters. The molecule has 0 amide bonds. The summed E-state index contributed by atoms with van der Waals surface area (Å²) in [7, 11) is 0. The van der Waals surface area contributed by atoms with E-state index in [1.165, 1.54) is 11.3 Å². The van der Waals surface area contributed by atoms with E-state index in [2.05, 4.69) is 0 Å². The summed E-state index contributed by atoms with van der Waals surface area (Å²) in [6.45, 7) is 0. The number of alkyl halides is 3. The number of thiophene rings is 1. The van der Waals surface area contributed by atoms with Crippen LogP contribution >= 0.6 is 11.3 Å². The van der Waals surface area contributed by atoms with Gasteiger partial charge in [-0.2, -0.15) is 24.5 Å². The van der Waals surface area contributed by atoms with Crippen LogP contribution in [0.25, 0.3) is 0 Å². The van der Waals surface area contributed by atoms with Gasteiger partial charge in [-0.15, -0.1) is 0 Å². The molecule has 0 saturated carbocycles. The molecule has 1 heterocycles. The maximum Gasteiger partial charge on any atom is 0.403 e. The minimum Gasteiger partial charge on any atom is -0.320 e. The van der Waals surface area contributed by atoms with Gasteiger partial charge in [-0.3, -0.25) is 0 Å². The topological polar surface area (TPSA) is 26.0 Å². The van der Waals surface area contributed by atoms with Crippen LogP contribution in [0.1, 0.15) is 5.56 Å². The van der Waals surface area contributed by atoms with Crippen molar-refractivity contribution in [2.45, 2.75) is 18.6 Å². The maximum absolute atomic E-state index is 11.9. The molecule has 0 aliphatic rings. The molecule has 1 rings (SSSR count). The van der Waals surface area contributed by atoms with Crippen LogP contribution in [0.3, 0.4) is 0 Å². The second kappa shape index (κ2) is 3.45. The number of hydrogen-bond donors (Lipinski definition) is 1. The van der Waals surface area contributed by atoms with Crippen molar-refractivity contribution in [1.82, 2.24) is 0 Å². The Morgan fingerprint density at radius 1 is 1.50 bits per heavy atom. The summed E-state index contributed by atoms with van der Waals surface area (Å²) >= 11 is 1.37. The Bertz CT molecular complexity index is 229. The number of halogens is 3. The molecule has 2 N–H and O–H groups in total. The summed E-state index contributed by atoms with van der Waals surface area (Å²) in [5.41, 5.74) is 5.56. The van der Waals surface area contributed by atoms with Crippen molar-refractivity contribution in [3.8, 4) is 0 Å². The monoisotopic (exact) mass is 195 g/mol. The molecular formula is C7H8F3NS. The van der Waals surface area contributed by atoms with E-state index in [1.54, 1.807) is 16.8 Å². The van der Waals surface area contributed by atoms with E-state index >= 15 is 0 Å². The van der Waals surface area contributed by atoms with Crippen LogP contribution in [0.4, 0.5) is 13.2 Å². The molecule has 0 spiro atoms. The van der Waals surface area contributed by atoms with E-state index < -0.39 is 12.2 Å². The van der Waals surface area contributed by atoms with Gasteiger partial charge < -0.3 is 5.73 Å². The Kier molecular flexibility index (Phi) is 2.74. The van der Waals surface area contributed by atoms with E-state index in [1.807, 2.05) is 0 Å². The van der Waals surface area contributed by atoms with Gasteiger partial charge in [0.25, 0.3) is 0 Å². The maximum atomic E-state index is 11.9. The van der Waals surface area contributed by atoms with Crippen LogP contribution in [0.15, 0.2) is 16.8 Å². The molecule has 0 aliphatic carbocycles. The van der Waals surface area contributed by atoms with Gasteiger partial charge in [0.15, 0.2) is 0 Å². The first-order chi connectivity index (χ1) is 5.50. The predicted molar refractivity (Wildman–Crippen MR) is 42.1 cm³/mol. The lowest BCUT2D eigenvalue weighted by Gasteiger charge is -2.14. The molecule has 1 aromatic rings. The molecule has 1 nitrogen and oxygen atoms in total. The standard InChI is InChI=1S/C7H8F3NS/c8-7(9,10)6(11)3-5-1-2-12-4-5/h1-2,4,6H,3,11H2. The molecule has 12 heavy (non-hydrogen) atoms. The highest BCUT2D eigenvalue weighted by atomic mass is 32.1. The Balaban J connectivity index is 2.53. The largest absolute Gasteiger partial charge is 0.403 e. The summed E-state index contributed by atoms with van der Waals surface area (Å²) in [6.07, 6.45) is -4.42. The van der Waals surface area contributed by atoms with Crippen LogP contribution in [-0.4, -0.2) is 12.2 Å². The number of nitrogens with two attached hydrogens (primary N) is 1. The lowest BCUT2D eigenvalue weighted by atomic mass is 10.1. The third-order valence-corrected chi connectivity index (χ3v) is 2.19. The van der Waals surface area contributed by atoms with Crippen LogP contribution in [-0.2, 0) is 6.42 Å². The molecule has 0 bridgehead atoms. The van der Waals surface area contributed by atoms with E-state index in [-0.39, 0.29) is 6.42 Å². The highest BCUT2D eigenvalue weighted by Crippen LogP contribution is 2.21. The van der Waals surface area contributed by atoms with Crippen molar-refractivity contribution >= 4 is 11.3 Å². The first-order valence-corrected chi connectivity index (χ1v) is 4.28. The zero-order chi connectivity index (χ0) is 9.19. The normalized spacial score (nSPS) is 14.7. The van der Waals surface area contributed by atoms with Gasteiger partial charge in [0.1, 0.15) is 6.04 Å². The van der Waals surface area contributed by atoms with E-state index in [9.17, 15) is 13.2 Å². The first kappa shape index (κ1) is 9.54. The molecule has 1 aromatic heterocycles. The predicted octanol–water partition coefficient (Wildman–Crippen LogP) is 2.18. The Hall–Kier alpha value is -0.550.